The number of alkyl halides is 2. The molecule has 0 aromatic heterocycles. The van der Waals surface area contributed by atoms with Crippen LogP contribution in [0.15, 0.2) is 24.3 Å². The van der Waals surface area contributed by atoms with Crippen LogP contribution in [0.3, 0.4) is 0 Å². The third-order valence-electron chi connectivity index (χ3n) is 4.19. The van der Waals surface area contributed by atoms with E-state index in [0.29, 0.717) is 26.3 Å². The zero-order chi connectivity index (χ0) is 16.2. The number of ether oxygens (including phenoxy) is 3. The van der Waals surface area contributed by atoms with Crippen LogP contribution >= 0.6 is 0 Å². The summed E-state index contributed by atoms with van der Waals surface area (Å²) in [6, 6.07) is 6.09. The van der Waals surface area contributed by atoms with Crippen LogP contribution in [0.4, 0.5) is 8.78 Å². The van der Waals surface area contributed by atoms with E-state index >= 15 is 0 Å². The predicted octanol–water partition coefficient (Wildman–Crippen LogP) is 2.51. The second kappa shape index (κ2) is 7.23. The summed E-state index contributed by atoms with van der Waals surface area (Å²) in [6.45, 7) is -0.623. The number of rotatable bonds is 4. The number of hydrogen-bond acceptors (Lipinski definition) is 4. The Morgan fingerprint density at radius 2 is 1.83 bits per heavy atom. The minimum absolute atomic E-state index is 0.0860. The summed E-state index contributed by atoms with van der Waals surface area (Å²) in [5.41, 5.74) is 0.166. The Balaban J connectivity index is 1.63. The first kappa shape index (κ1) is 16.1. The Labute approximate surface area is 133 Å². The van der Waals surface area contributed by atoms with Crippen LogP contribution < -0.4 is 4.74 Å². The van der Waals surface area contributed by atoms with Gasteiger partial charge in [0.05, 0.1) is 18.8 Å². The number of benzene rings is 1. The summed E-state index contributed by atoms with van der Waals surface area (Å²) >= 11 is 0. The number of para-hydroxylation sites is 1. The van der Waals surface area contributed by atoms with E-state index in [9.17, 15) is 13.6 Å². The second-order valence-electron chi connectivity index (χ2n) is 5.61. The number of nitrogens with zero attached hydrogens (tertiary/aromatic N) is 1. The van der Waals surface area contributed by atoms with Gasteiger partial charge in [-0.15, -0.1) is 0 Å². The van der Waals surface area contributed by atoms with Gasteiger partial charge in [0.15, 0.2) is 6.29 Å². The summed E-state index contributed by atoms with van der Waals surface area (Å²) in [7, 11) is 0. The van der Waals surface area contributed by atoms with E-state index in [2.05, 4.69) is 4.74 Å². The van der Waals surface area contributed by atoms with Gasteiger partial charge < -0.3 is 19.1 Å². The second-order valence-corrected chi connectivity index (χ2v) is 5.61. The summed E-state index contributed by atoms with van der Waals surface area (Å²) in [5.74, 6) is -0.0980. The molecule has 0 N–H and O–H groups in total. The van der Waals surface area contributed by atoms with Gasteiger partial charge in [0.25, 0.3) is 5.91 Å². The van der Waals surface area contributed by atoms with Crippen molar-refractivity contribution in [3.8, 4) is 5.75 Å². The average molecular weight is 327 g/mol. The summed E-state index contributed by atoms with van der Waals surface area (Å²) < 4.78 is 40.4. The van der Waals surface area contributed by atoms with Crippen molar-refractivity contribution in [2.75, 3.05) is 26.3 Å². The standard InChI is InChI=1S/C16H19F2NO4/c17-16(18)23-13-4-2-1-3-12(13)14(20)19-7-5-11(6-8-19)15-21-9-10-22-15/h1-4,11,15-16H,5-10H2. The number of piperidine rings is 1. The fraction of sp³-hybridized carbons (Fsp3) is 0.562. The molecular formula is C16H19F2NO4. The monoisotopic (exact) mass is 327 g/mol. The van der Waals surface area contributed by atoms with E-state index in [1.807, 2.05) is 0 Å². The minimum Gasteiger partial charge on any atom is -0.434 e. The molecule has 0 bridgehead atoms. The van der Waals surface area contributed by atoms with Crippen LogP contribution in [0.5, 0.6) is 5.75 Å². The Morgan fingerprint density at radius 1 is 1.17 bits per heavy atom. The maximum atomic E-state index is 12.6. The molecule has 1 aromatic rings. The van der Waals surface area contributed by atoms with E-state index in [0.717, 1.165) is 12.8 Å². The van der Waals surface area contributed by atoms with Crippen molar-refractivity contribution in [2.24, 2.45) is 5.92 Å². The Hall–Kier alpha value is -1.73. The molecule has 1 aromatic carbocycles. The van der Waals surface area contributed by atoms with Crippen molar-refractivity contribution < 1.29 is 27.8 Å². The molecule has 5 nitrogen and oxygen atoms in total. The van der Waals surface area contributed by atoms with Crippen LogP contribution in [0, 0.1) is 5.92 Å². The molecule has 0 radical (unpaired) electrons. The number of halogens is 2. The molecule has 2 fully saturated rings. The molecular weight excluding hydrogens is 308 g/mol. The van der Waals surface area contributed by atoms with Crippen LogP contribution in [0.25, 0.3) is 0 Å². The largest absolute Gasteiger partial charge is 0.434 e. The maximum absolute atomic E-state index is 12.6. The molecule has 0 atom stereocenters. The molecule has 7 heteroatoms. The first-order valence-corrected chi connectivity index (χ1v) is 7.71. The van der Waals surface area contributed by atoms with E-state index in [1.54, 1.807) is 17.0 Å². The molecule has 2 aliphatic rings. The van der Waals surface area contributed by atoms with Crippen LogP contribution in [-0.4, -0.2) is 50.0 Å². The van der Waals surface area contributed by atoms with E-state index < -0.39 is 6.61 Å². The highest BCUT2D eigenvalue weighted by molar-refractivity contribution is 5.97. The lowest BCUT2D eigenvalue weighted by Gasteiger charge is -2.34. The molecule has 126 valence electrons. The van der Waals surface area contributed by atoms with Crippen LogP contribution in [0.1, 0.15) is 23.2 Å². The van der Waals surface area contributed by atoms with Crippen LogP contribution in [-0.2, 0) is 9.47 Å². The quantitative estimate of drug-likeness (QED) is 0.853. The average Bonchev–Trinajstić information content (AvgIpc) is 3.09. The number of carbonyl (C=O) groups excluding carboxylic acids is 1. The van der Waals surface area contributed by atoms with Crippen molar-refractivity contribution in [2.45, 2.75) is 25.7 Å². The van der Waals surface area contributed by atoms with Gasteiger partial charge in [0, 0.05) is 19.0 Å². The van der Waals surface area contributed by atoms with Crippen molar-refractivity contribution >= 4 is 5.91 Å². The number of hydrogen-bond donors (Lipinski definition) is 0. The number of carbonyl (C=O) groups is 1. The zero-order valence-electron chi connectivity index (χ0n) is 12.6. The summed E-state index contributed by atoms with van der Waals surface area (Å²) in [6.07, 6.45) is 1.37. The first-order chi connectivity index (χ1) is 11.1. The first-order valence-electron chi connectivity index (χ1n) is 7.71. The Bertz CT molecular complexity index is 541. The SMILES string of the molecule is O=C(c1ccccc1OC(F)F)N1CCC(C2OCCO2)CC1. The molecule has 0 aliphatic carbocycles. The van der Waals surface area contributed by atoms with Crippen molar-refractivity contribution in [1.82, 2.24) is 4.90 Å². The Kier molecular flexibility index (Phi) is 5.07. The lowest BCUT2D eigenvalue weighted by Crippen LogP contribution is -2.41. The van der Waals surface area contributed by atoms with Gasteiger partial charge in [-0.25, -0.2) is 0 Å². The molecule has 1 amide bonds. The minimum atomic E-state index is -2.95. The maximum Gasteiger partial charge on any atom is 0.387 e. The normalized spacial score (nSPS) is 20.2. The fourth-order valence-corrected chi connectivity index (χ4v) is 3.04. The topological polar surface area (TPSA) is 48.0 Å². The lowest BCUT2D eigenvalue weighted by molar-refractivity contribution is -0.0956. The van der Waals surface area contributed by atoms with Gasteiger partial charge in [-0.1, -0.05) is 12.1 Å². The highest BCUT2D eigenvalue weighted by Gasteiger charge is 2.32. The number of amides is 1. The van der Waals surface area contributed by atoms with Crippen molar-refractivity contribution in [3.05, 3.63) is 29.8 Å². The van der Waals surface area contributed by atoms with Gasteiger partial charge in [-0.05, 0) is 25.0 Å². The highest BCUT2D eigenvalue weighted by atomic mass is 19.3. The van der Waals surface area contributed by atoms with Gasteiger partial charge in [0.1, 0.15) is 5.75 Å². The van der Waals surface area contributed by atoms with E-state index in [4.69, 9.17) is 9.47 Å². The molecule has 0 unspecified atom stereocenters. The zero-order valence-corrected chi connectivity index (χ0v) is 12.6. The fourth-order valence-electron chi connectivity index (χ4n) is 3.04. The lowest BCUT2D eigenvalue weighted by atomic mass is 9.95. The Morgan fingerprint density at radius 3 is 2.48 bits per heavy atom. The molecule has 3 rings (SSSR count). The third kappa shape index (κ3) is 3.79. The van der Waals surface area contributed by atoms with E-state index in [1.165, 1.54) is 12.1 Å². The van der Waals surface area contributed by atoms with Gasteiger partial charge >= 0.3 is 6.61 Å². The van der Waals surface area contributed by atoms with E-state index in [-0.39, 0.29) is 29.4 Å². The molecule has 2 aliphatic heterocycles. The number of likely N-dealkylation sites (tertiary alicyclic amines) is 1. The summed E-state index contributed by atoms with van der Waals surface area (Å²) in [5, 5.41) is 0. The smallest absolute Gasteiger partial charge is 0.387 e. The van der Waals surface area contributed by atoms with Gasteiger partial charge in [-0.2, -0.15) is 8.78 Å². The predicted molar refractivity (Wildman–Crippen MR) is 77.4 cm³/mol. The van der Waals surface area contributed by atoms with Crippen molar-refractivity contribution in [3.63, 3.8) is 0 Å². The van der Waals surface area contributed by atoms with Gasteiger partial charge in [0.2, 0.25) is 0 Å². The molecule has 23 heavy (non-hydrogen) atoms. The molecule has 2 heterocycles. The molecule has 2 saturated heterocycles. The summed E-state index contributed by atoms with van der Waals surface area (Å²) in [4.78, 5) is 14.2. The molecule has 0 spiro atoms. The van der Waals surface area contributed by atoms with Crippen molar-refractivity contribution in [1.29, 1.82) is 0 Å². The van der Waals surface area contributed by atoms with Gasteiger partial charge in [-0.3, -0.25) is 4.79 Å². The molecule has 0 saturated carbocycles. The third-order valence-corrected chi connectivity index (χ3v) is 4.19. The highest BCUT2D eigenvalue weighted by Crippen LogP contribution is 2.28. The van der Waals surface area contributed by atoms with Crippen LogP contribution in [0.2, 0.25) is 0 Å².